The van der Waals surface area contributed by atoms with Crippen LogP contribution in [0.5, 0.6) is 17.2 Å². The third kappa shape index (κ3) is 8.53. The molecule has 1 aliphatic rings. The molecule has 0 saturated carbocycles. The molecule has 11 heteroatoms. The Morgan fingerprint density at radius 2 is 1.42 bits per heavy atom. The Bertz CT molecular complexity index is 1620. The van der Waals surface area contributed by atoms with Crippen molar-refractivity contribution in [3.05, 3.63) is 93.6 Å². The van der Waals surface area contributed by atoms with Crippen LogP contribution in [0, 0.1) is 6.92 Å². The molecule has 0 aliphatic carbocycles. The van der Waals surface area contributed by atoms with E-state index in [0.29, 0.717) is 36.1 Å². The smallest absolute Gasteiger partial charge is 0.384 e. The first-order chi connectivity index (χ1) is 21.0. The molecule has 0 bridgehead atoms. The Morgan fingerprint density at radius 1 is 0.911 bits per heavy atom. The fraction of sp³-hybridized carbons (Fsp3) is 0.382. The Balaban J connectivity index is 1.66. The first-order valence-corrected chi connectivity index (χ1v) is 16.8. The lowest BCUT2D eigenvalue weighted by Gasteiger charge is -2.37. The summed E-state index contributed by atoms with van der Waals surface area (Å²) in [5.41, 5.74) is 1.77. The van der Waals surface area contributed by atoms with Crippen molar-refractivity contribution >= 4 is 28.0 Å². The molecule has 0 amide bonds. The second-order valence-corrected chi connectivity index (χ2v) is 15.5. The number of thioether (sulfide) groups is 1. The number of nitrogens with zero attached hydrogens (tertiary/aromatic N) is 1. The van der Waals surface area contributed by atoms with E-state index in [-0.39, 0.29) is 34.3 Å². The topological polar surface area (TPSA) is 134 Å². The monoisotopic (exact) mass is 655 g/mol. The third-order valence-corrected chi connectivity index (χ3v) is 10.2. The van der Waals surface area contributed by atoms with Crippen LogP contribution in [-0.4, -0.2) is 53.7 Å². The van der Waals surface area contributed by atoms with E-state index in [2.05, 4.69) is 0 Å². The van der Waals surface area contributed by atoms with E-state index >= 15 is 0 Å². The summed E-state index contributed by atoms with van der Waals surface area (Å²) >= 11 is 1.10. The molecule has 0 atom stereocenters. The first kappa shape index (κ1) is 34.2. The van der Waals surface area contributed by atoms with Gasteiger partial charge in [-0.15, -0.1) is 0 Å². The second kappa shape index (κ2) is 13.4. The number of hydrogen-bond acceptors (Lipinski definition) is 9. The molecular formula is C34H41NO8S2. The Kier molecular flexibility index (Phi) is 10.2. The number of hydrogen-bond donors (Lipinski definition) is 3. The average Bonchev–Trinajstić information content (AvgIpc) is 2.95. The highest BCUT2D eigenvalue weighted by Crippen LogP contribution is 2.45. The van der Waals surface area contributed by atoms with E-state index in [1.165, 1.54) is 14.1 Å². The minimum atomic E-state index is -3.98. The van der Waals surface area contributed by atoms with Gasteiger partial charge in [-0.3, -0.25) is 0 Å². The number of carbonyl (C=O) groups is 1. The molecule has 0 fully saturated rings. The van der Waals surface area contributed by atoms with Crippen LogP contribution in [-0.2, 0) is 38.1 Å². The van der Waals surface area contributed by atoms with Crippen LogP contribution in [0.4, 0.5) is 0 Å². The lowest BCUT2D eigenvalue weighted by atomic mass is 9.84. The largest absolute Gasteiger partial charge is 0.511 e. The SMILES string of the molecule is Cc1cc(SC2=C(O)CC(CCc3ccc(O)cc3)(CCc3ccc(O)cc3)OC2=O)c(C(C)(C)C)cc1OS(=O)(=O)N(C)C. The molecular weight excluding hydrogens is 615 g/mol. The van der Waals surface area contributed by atoms with Crippen molar-refractivity contribution in [2.75, 3.05) is 14.1 Å². The fourth-order valence-electron chi connectivity index (χ4n) is 5.08. The molecule has 45 heavy (non-hydrogen) atoms. The van der Waals surface area contributed by atoms with Crippen molar-refractivity contribution in [1.29, 1.82) is 0 Å². The molecule has 3 aromatic carbocycles. The molecule has 3 aromatic rings. The highest BCUT2D eigenvalue weighted by molar-refractivity contribution is 8.04. The van der Waals surface area contributed by atoms with Gasteiger partial charge in [-0.05, 0) is 96.7 Å². The maximum atomic E-state index is 13.7. The molecule has 1 heterocycles. The zero-order chi connectivity index (χ0) is 33.2. The predicted octanol–water partition coefficient (Wildman–Crippen LogP) is 6.70. The first-order valence-electron chi connectivity index (χ1n) is 14.6. The van der Waals surface area contributed by atoms with Crippen molar-refractivity contribution in [3.8, 4) is 17.2 Å². The number of phenols is 2. The third-order valence-electron chi connectivity index (χ3n) is 7.80. The van der Waals surface area contributed by atoms with Crippen LogP contribution in [0.15, 0.2) is 76.2 Å². The van der Waals surface area contributed by atoms with E-state index in [4.69, 9.17) is 8.92 Å². The molecule has 1 aliphatic heterocycles. The van der Waals surface area contributed by atoms with Gasteiger partial charge in [0.05, 0.1) is 0 Å². The van der Waals surface area contributed by atoms with Crippen molar-refractivity contribution in [3.63, 3.8) is 0 Å². The summed E-state index contributed by atoms with van der Waals surface area (Å²) in [6, 6.07) is 17.1. The number of phenolic OH excluding ortho intramolecular Hbond substituents is 2. The minimum absolute atomic E-state index is 0.0688. The Labute approximate surface area is 269 Å². The van der Waals surface area contributed by atoms with Crippen molar-refractivity contribution in [2.24, 2.45) is 0 Å². The fourth-order valence-corrected chi connectivity index (χ4v) is 6.88. The van der Waals surface area contributed by atoms with Crippen LogP contribution in [0.2, 0.25) is 0 Å². The van der Waals surface area contributed by atoms with E-state index in [0.717, 1.165) is 32.8 Å². The Morgan fingerprint density at radius 3 is 1.87 bits per heavy atom. The van der Waals surface area contributed by atoms with Gasteiger partial charge in [0.15, 0.2) is 0 Å². The molecule has 3 N–H and O–H groups in total. The number of aromatic hydroxyl groups is 2. The highest BCUT2D eigenvalue weighted by atomic mass is 32.2. The number of cyclic esters (lactones) is 1. The number of aliphatic hydroxyl groups excluding tert-OH is 1. The summed E-state index contributed by atoms with van der Waals surface area (Å²) in [6.07, 6.45) is 2.13. The number of benzene rings is 3. The van der Waals surface area contributed by atoms with E-state index in [9.17, 15) is 28.5 Å². The van der Waals surface area contributed by atoms with E-state index < -0.39 is 27.3 Å². The molecule has 0 radical (unpaired) electrons. The van der Waals surface area contributed by atoms with Crippen LogP contribution >= 0.6 is 11.8 Å². The quantitative estimate of drug-likeness (QED) is 0.193. The molecule has 9 nitrogen and oxygen atoms in total. The number of ether oxygens (including phenoxy) is 1. The number of rotatable bonds is 11. The van der Waals surface area contributed by atoms with Crippen LogP contribution in [0.25, 0.3) is 0 Å². The zero-order valence-electron chi connectivity index (χ0n) is 26.5. The number of carbonyl (C=O) groups excluding carboxylic acids is 1. The van der Waals surface area contributed by atoms with Gasteiger partial charge in [0.25, 0.3) is 0 Å². The lowest BCUT2D eigenvalue weighted by Crippen LogP contribution is -2.41. The number of aryl methyl sites for hydroxylation is 3. The van der Waals surface area contributed by atoms with E-state index in [1.54, 1.807) is 43.3 Å². The van der Waals surface area contributed by atoms with Crippen LogP contribution in [0.3, 0.4) is 0 Å². The predicted molar refractivity (Wildman–Crippen MR) is 175 cm³/mol. The van der Waals surface area contributed by atoms with Gasteiger partial charge >= 0.3 is 16.3 Å². The molecule has 0 aromatic heterocycles. The molecule has 4 rings (SSSR count). The lowest BCUT2D eigenvalue weighted by molar-refractivity contribution is -0.159. The van der Waals surface area contributed by atoms with Gasteiger partial charge in [-0.2, -0.15) is 12.7 Å². The van der Waals surface area contributed by atoms with Crippen molar-refractivity contribution in [1.82, 2.24) is 4.31 Å². The van der Waals surface area contributed by atoms with Gasteiger partial charge < -0.3 is 24.2 Å². The van der Waals surface area contributed by atoms with Gasteiger partial charge in [-0.1, -0.05) is 56.8 Å². The standard InChI is InChI=1S/C34H41NO8S2/c1-22-19-30(27(33(2,3)4)20-29(22)43-45(40,41)35(5)6)44-31-28(38)21-34(42-32(31)39,17-15-23-7-11-25(36)12-8-23)18-16-24-9-13-26(37)14-10-24/h7-14,19-20,36-38H,15-18,21H2,1-6H3. The summed E-state index contributed by atoms with van der Waals surface area (Å²) in [4.78, 5) is 14.4. The summed E-state index contributed by atoms with van der Waals surface area (Å²) < 4.78 is 37.5. The van der Waals surface area contributed by atoms with Gasteiger partial charge in [-0.25, -0.2) is 4.79 Å². The summed E-state index contributed by atoms with van der Waals surface area (Å²) in [7, 11) is -1.21. The molecule has 0 spiro atoms. The van der Waals surface area contributed by atoms with Crippen molar-refractivity contribution < 1.29 is 37.5 Å². The number of aliphatic hydroxyl groups is 1. The van der Waals surface area contributed by atoms with Crippen molar-refractivity contribution in [2.45, 2.75) is 75.7 Å². The molecule has 242 valence electrons. The van der Waals surface area contributed by atoms with E-state index in [1.807, 2.05) is 45.0 Å². The highest BCUT2D eigenvalue weighted by Gasteiger charge is 2.42. The maximum Gasteiger partial charge on any atom is 0.384 e. The van der Waals surface area contributed by atoms with Gasteiger partial charge in [0.2, 0.25) is 0 Å². The minimum Gasteiger partial charge on any atom is -0.511 e. The van der Waals surface area contributed by atoms with Crippen LogP contribution < -0.4 is 4.18 Å². The van der Waals surface area contributed by atoms with Gasteiger partial charge in [0, 0.05) is 25.4 Å². The summed E-state index contributed by atoms with van der Waals surface area (Å²) in [5, 5.41) is 30.8. The average molecular weight is 656 g/mol. The zero-order valence-corrected chi connectivity index (χ0v) is 28.1. The van der Waals surface area contributed by atoms with Crippen LogP contribution in [0.1, 0.15) is 62.3 Å². The normalized spacial score (nSPS) is 15.3. The summed E-state index contributed by atoms with van der Waals surface area (Å²) in [5.74, 6) is -0.189. The second-order valence-electron chi connectivity index (χ2n) is 12.6. The van der Waals surface area contributed by atoms with Gasteiger partial charge in [0.1, 0.15) is 33.5 Å². The Hall–Kier alpha value is -3.67. The maximum absolute atomic E-state index is 13.7. The summed E-state index contributed by atoms with van der Waals surface area (Å²) in [6.45, 7) is 7.63. The molecule has 0 unspecified atom stereocenters. The number of esters is 1. The molecule has 0 saturated heterocycles.